The minimum absolute atomic E-state index is 0.358. The molecule has 8 heteroatoms. The van der Waals surface area contributed by atoms with Crippen molar-refractivity contribution in [1.82, 2.24) is 10.2 Å². The first-order valence-electron chi connectivity index (χ1n) is 10.3. The van der Waals surface area contributed by atoms with Crippen molar-refractivity contribution in [2.75, 3.05) is 11.9 Å². The zero-order chi connectivity index (χ0) is 24.8. The number of ether oxygens (including phenoxy) is 1. The number of para-hydroxylation sites is 1. The number of terminal acetylenes is 1. The van der Waals surface area contributed by atoms with Gasteiger partial charge in [-0.05, 0) is 57.4 Å². The van der Waals surface area contributed by atoms with Crippen LogP contribution in [0.3, 0.4) is 0 Å². The quantitative estimate of drug-likeness (QED) is 0.478. The number of amides is 3. The third-order valence-corrected chi connectivity index (χ3v) is 4.97. The van der Waals surface area contributed by atoms with Gasteiger partial charge in [-0.25, -0.2) is 4.79 Å². The van der Waals surface area contributed by atoms with Gasteiger partial charge in [0.15, 0.2) is 0 Å². The zero-order valence-electron chi connectivity index (χ0n) is 19.4. The molecule has 0 aromatic heterocycles. The molecule has 1 unspecified atom stereocenters. The van der Waals surface area contributed by atoms with Crippen LogP contribution in [-0.2, 0) is 14.3 Å². The normalized spacial score (nSPS) is 11.7. The molecule has 2 rings (SSSR count). The predicted octanol–water partition coefficient (Wildman–Crippen LogP) is 4.58. The van der Waals surface area contributed by atoms with Gasteiger partial charge in [0.25, 0.3) is 11.8 Å². The molecule has 0 saturated carbocycles. The van der Waals surface area contributed by atoms with Crippen LogP contribution in [0.5, 0.6) is 0 Å². The summed E-state index contributed by atoms with van der Waals surface area (Å²) in [5.74, 6) is -1.19. The number of carbonyl (C=O) groups is 3. The molecule has 0 heterocycles. The fraction of sp³-hybridized carbons (Fsp3) is 0.320. The van der Waals surface area contributed by atoms with Gasteiger partial charge in [-0.3, -0.25) is 14.5 Å². The molecule has 0 aliphatic heterocycles. The van der Waals surface area contributed by atoms with E-state index in [1.807, 2.05) is 19.1 Å². The third kappa shape index (κ3) is 6.99. The molecule has 0 bridgehead atoms. The minimum atomic E-state index is -1.15. The number of anilines is 1. The number of alkyl carbamates (subject to hydrolysis) is 1. The number of hydrogen-bond acceptors (Lipinski definition) is 4. The lowest BCUT2D eigenvalue weighted by Crippen LogP contribution is -2.44. The highest BCUT2D eigenvalue weighted by atomic mass is 35.5. The van der Waals surface area contributed by atoms with E-state index in [0.717, 1.165) is 16.0 Å². The third-order valence-electron chi connectivity index (χ3n) is 4.65. The number of aryl methyl sites for hydroxylation is 2. The van der Waals surface area contributed by atoms with Crippen LogP contribution in [0.15, 0.2) is 42.5 Å². The maximum Gasteiger partial charge on any atom is 0.408 e. The number of carbonyl (C=O) groups excluding carboxylic acids is 3. The number of rotatable bonds is 6. The maximum absolute atomic E-state index is 13.4. The van der Waals surface area contributed by atoms with E-state index in [1.54, 1.807) is 58.0 Å². The molecule has 0 spiro atoms. The van der Waals surface area contributed by atoms with Crippen molar-refractivity contribution in [3.05, 3.63) is 64.2 Å². The summed E-state index contributed by atoms with van der Waals surface area (Å²) in [6, 6.07) is 13.5. The first-order chi connectivity index (χ1) is 15.4. The molecule has 2 aromatic rings. The van der Waals surface area contributed by atoms with Gasteiger partial charge < -0.3 is 15.4 Å². The van der Waals surface area contributed by atoms with Crippen LogP contribution in [0, 0.1) is 26.3 Å². The number of hydrogen-bond donors (Lipinski definition) is 2. The second kappa shape index (κ2) is 10.9. The summed E-state index contributed by atoms with van der Waals surface area (Å²) < 4.78 is 5.15. The topological polar surface area (TPSA) is 87.7 Å². The van der Waals surface area contributed by atoms with Gasteiger partial charge in [0.2, 0.25) is 0 Å². The average Bonchev–Trinajstić information content (AvgIpc) is 2.72. The molecular formula is C25H28ClN3O4. The van der Waals surface area contributed by atoms with Crippen LogP contribution in [0.2, 0.25) is 5.02 Å². The van der Waals surface area contributed by atoms with E-state index in [2.05, 4.69) is 16.7 Å². The van der Waals surface area contributed by atoms with Crippen LogP contribution < -0.4 is 10.6 Å². The van der Waals surface area contributed by atoms with Gasteiger partial charge in [0, 0.05) is 6.04 Å². The van der Waals surface area contributed by atoms with Gasteiger partial charge in [-0.1, -0.05) is 54.4 Å². The molecule has 174 valence electrons. The van der Waals surface area contributed by atoms with E-state index in [9.17, 15) is 14.4 Å². The summed E-state index contributed by atoms with van der Waals surface area (Å²) >= 11 is 6.27. The highest BCUT2D eigenvalue weighted by molar-refractivity contribution is 6.34. The number of nitrogens with zero attached hydrogens (tertiary/aromatic N) is 1. The van der Waals surface area contributed by atoms with Crippen molar-refractivity contribution >= 4 is 35.2 Å². The summed E-state index contributed by atoms with van der Waals surface area (Å²) in [6.45, 7) is 8.29. The summed E-state index contributed by atoms with van der Waals surface area (Å²) in [4.78, 5) is 39.3. The predicted molar refractivity (Wildman–Crippen MR) is 129 cm³/mol. The van der Waals surface area contributed by atoms with Crippen molar-refractivity contribution in [3.8, 4) is 12.5 Å². The Labute approximate surface area is 199 Å². The molecule has 0 saturated heterocycles. The van der Waals surface area contributed by atoms with Crippen LogP contribution in [0.1, 0.15) is 43.5 Å². The Hall–Kier alpha value is -3.50. The Morgan fingerprint density at radius 1 is 1.09 bits per heavy atom. The first kappa shape index (κ1) is 25.8. The summed E-state index contributed by atoms with van der Waals surface area (Å²) in [5, 5.41) is 5.54. The lowest BCUT2D eigenvalue weighted by molar-refractivity contribution is -0.134. The van der Waals surface area contributed by atoms with Crippen LogP contribution in [-0.4, -0.2) is 35.0 Å². The van der Waals surface area contributed by atoms with E-state index in [1.165, 1.54) is 0 Å². The molecule has 7 nitrogen and oxygen atoms in total. The van der Waals surface area contributed by atoms with Crippen LogP contribution in [0.25, 0.3) is 0 Å². The smallest absolute Gasteiger partial charge is 0.408 e. The molecule has 2 N–H and O–H groups in total. The Bertz CT molecular complexity index is 1070. The van der Waals surface area contributed by atoms with Gasteiger partial charge in [-0.2, -0.15) is 0 Å². The molecule has 0 aliphatic rings. The lowest BCUT2D eigenvalue weighted by atomic mass is 9.99. The summed E-state index contributed by atoms with van der Waals surface area (Å²) in [7, 11) is 0. The average molecular weight is 470 g/mol. The summed E-state index contributed by atoms with van der Waals surface area (Å²) in [6.07, 6.45) is 4.90. The molecule has 2 aromatic carbocycles. The fourth-order valence-corrected chi connectivity index (χ4v) is 3.38. The monoisotopic (exact) mass is 469 g/mol. The van der Waals surface area contributed by atoms with E-state index in [-0.39, 0.29) is 0 Å². The molecular weight excluding hydrogens is 442 g/mol. The molecule has 0 aliphatic carbocycles. The lowest BCUT2D eigenvalue weighted by Gasteiger charge is -2.28. The second-order valence-electron chi connectivity index (χ2n) is 8.43. The van der Waals surface area contributed by atoms with E-state index in [0.29, 0.717) is 16.3 Å². The second-order valence-corrected chi connectivity index (χ2v) is 8.84. The van der Waals surface area contributed by atoms with E-state index < -0.39 is 36.1 Å². The Kier molecular flexibility index (Phi) is 8.50. The molecule has 0 fully saturated rings. The molecule has 0 radical (unpaired) electrons. The zero-order valence-corrected chi connectivity index (χ0v) is 20.1. The Balaban J connectivity index is 2.35. The Morgan fingerprint density at radius 2 is 1.73 bits per heavy atom. The van der Waals surface area contributed by atoms with Crippen molar-refractivity contribution < 1.29 is 19.1 Å². The highest BCUT2D eigenvalue weighted by Crippen LogP contribution is 2.29. The fourth-order valence-electron chi connectivity index (χ4n) is 3.11. The van der Waals surface area contributed by atoms with Crippen LogP contribution >= 0.6 is 11.6 Å². The highest BCUT2D eigenvalue weighted by Gasteiger charge is 2.32. The van der Waals surface area contributed by atoms with E-state index in [4.69, 9.17) is 22.8 Å². The Morgan fingerprint density at radius 3 is 2.30 bits per heavy atom. The summed E-state index contributed by atoms with van der Waals surface area (Å²) in [5.41, 5.74) is 1.77. The number of halogens is 1. The number of benzene rings is 2. The van der Waals surface area contributed by atoms with Crippen LogP contribution in [0.4, 0.5) is 10.5 Å². The van der Waals surface area contributed by atoms with Gasteiger partial charge >= 0.3 is 6.09 Å². The molecule has 3 amide bonds. The number of nitrogens with one attached hydrogen (secondary N) is 2. The SMILES string of the molecule is C#CN(C(=O)CNC(=O)OC(C)(C)C)C(C(=O)Nc1c(C)cccc1Cl)c1ccccc1C. The largest absolute Gasteiger partial charge is 0.444 e. The van der Waals surface area contributed by atoms with Crippen molar-refractivity contribution in [2.45, 2.75) is 46.3 Å². The van der Waals surface area contributed by atoms with Gasteiger partial charge in [0.1, 0.15) is 18.2 Å². The van der Waals surface area contributed by atoms with Crippen molar-refractivity contribution in [2.24, 2.45) is 0 Å². The standard InChI is InChI=1S/C25H28ClN3O4/c1-7-29(20(30)15-27-24(32)33-25(4,5)6)22(18-13-9-8-11-16(18)2)23(31)28-21-17(3)12-10-14-19(21)26/h1,8-14,22H,15H2,2-6H3,(H,27,32)(H,28,31). The maximum atomic E-state index is 13.4. The van der Waals surface area contributed by atoms with E-state index >= 15 is 0 Å². The molecule has 1 atom stereocenters. The van der Waals surface area contributed by atoms with Crippen molar-refractivity contribution in [3.63, 3.8) is 0 Å². The van der Waals surface area contributed by atoms with Gasteiger partial charge in [-0.15, -0.1) is 0 Å². The van der Waals surface area contributed by atoms with Gasteiger partial charge in [0.05, 0.1) is 10.7 Å². The molecule has 33 heavy (non-hydrogen) atoms. The van der Waals surface area contributed by atoms with Crippen molar-refractivity contribution in [1.29, 1.82) is 0 Å². The first-order valence-corrected chi connectivity index (χ1v) is 10.7. The minimum Gasteiger partial charge on any atom is -0.444 e.